The number of hydrogen-bond donors (Lipinski definition) is 3. The second-order valence-corrected chi connectivity index (χ2v) is 11.4. The monoisotopic (exact) mass is 421 g/mol. The lowest BCUT2D eigenvalue weighted by molar-refractivity contribution is -0.251. The third-order valence-electron chi connectivity index (χ3n) is 10.0. The molecular formula is C28H39NO2. The molecule has 3 aliphatic carbocycles. The van der Waals surface area contributed by atoms with Crippen molar-refractivity contribution in [3.05, 3.63) is 47.7 Å². The first-order valence-electron chi connectivity index (χ1n) is 12.4. The van der Waals surface area contributed by atoms with Crippen LogP contribution in [0.2, 0.25) is 0 Å². The average Bonchev–Trinajstić information content (AvgIpc) is 3.17. The van der Waals surface area contributed by atoms with Crippen LogP contribution < -0.4 is 0 Å². The smallest absolute Gasteiger partial charge is 0.0608 e. The predicted molar refractivity (Wildman–Crippen MR) is 127 cm³/mol. The molecular weight excluding hydrogens is 382 g/mol. The minimum absolute atomic E-state index is 0.270. The number of aromatic nitrogens is 1. The van der Waals surface area contributed by atoms with Crippen molar-refractivity contribution < 1.29 is 10.2 Å². The van der Waals surface area contributed by atoms with Gasteiger partial charge < -0.3 is 15.2 Å². The van der Waals surface area contributed by atoms with Gasteiger partial charge in [-0.3, -0.25) is 0 Å². The molecule has 3 heteroatoms. The molecule has 0 unspecified atom stereocenters. The Morgan fingerprint density at radius 3 is 2.55 bits per heavy atom. The summed E-state index contributed by atoms with van der Waals surface area (Å²) in [5.74, 6) is 1.80. The number of aliphatic hydroxyl groups is 2. The van der Waals surface area contributed by atoms with Crippen molar-refractivity contribution in [3.8, 4) is 0 Å². The van der Waals surface area contributed by atoms with Gasteiger partial charge in [-0.1, -0.05) is 64.5 Å². The molecule has 3 N–H and O–H groups in total. The maximum atomic E-state index is 11.7. The van der Waals surface area contributed by atoms with Gasteiger partial charge in [0.05, 0.1) is 12.2 Å². The summed E-state index contributed by atoms with van der Waals surface area (Å²) < 4.78 is 0. The van der Waals surface area contributed by atoms with E-state index >= 15 is 0 Å². The van der Waals surface area contributed by atoms with Gasteiger partial charge in [0.1, 0.15) is 0 Å². The lowest BCUT2D eigenvalue weighted by Crippen LogP contribution is -2.69. The van der Waals surface area contributed by atoms with Gasteiger partial charge in [0.2, 0.25) is 0 Å². The summed E-state index contributed by atoms with van der Waals surface area (Å²) in [6, 6.07) is 8.62. The molecule has 2 fully saturated rings. The third-order valence-corrected chi connectivity index (χ3v) is 10.0. The van der Waals surface area contributed by atoms with E-state index in [1.165, 1.54) is 22.0 Å². The zero-order valence-electron chi connectivity index (χ0n) is 19.7. The van der Waals surface area contributed by atoms with Crippen molar-refractivity contribution in [1.29, 1.82) is 0 Å². The molecule has 0 amide bonds. The largest absolute Gasteiger partial charge is 0.393 e. The quantitative estimate of drug-likeness (QED) is 0.518. The summed E-state index contributed by atoms with van der Waals surface area (Å²) in [7, 11) is 0. The van der Waals surface area contributed by atoms with Crippen molar-refractivity contribution in [3.63, 3.8) is 0 Å². The van der Waals surface area contributed by atoms with Crippen LogP contribution in [0.4, 0.5) is 0 Å². The molecule has 0 aliphatic heterocycles. The number of aromatic amines is 1. The zero-order valence-corrected chi connectivity index (χ0v) is 19.7. The minimum atomic E-state index is -0.367. The minimum Gasteiger partial charge on any atom is -0.393 e. The summed E-state index contributed by atoms with van der Waals surface area (Å²) >= 11 is 0. The second-order valence-electron chi connectivity index (χ2n) is 11.4. The van der Waals surface area contributed by atoms with Gasteiger partial charge in [0.15, 0.2) is 0 Å². The fourth-order valence-corrected chi connectivity index (χ4v) is 8.31. The van der Waals surface area contributed by atoms with Gasteiger partial charge in [-0.05, 0) is 61.0 Å². The Morgan fingerprint density at radius 1 is 1.06 bits per heavy atom. The summed E-state index contributed by atoms with van der Waals surface area (Å²) in [6.45, 7) is 11.6. The molecule has 1 heterocycles. The van der Waals surface area contributed by atoms with E-state index in [1.807, 2.05) is 0 Å². The molecule has 8 atom stereocenters. The van der Waals surface area contributed by atoms with E-state index in [0.717, 1.165) is 25.7 Å². The van der Waals surface area contributed by atoms with Gasteiger partial charge in [0.25, 0.3) is 0 Å². The Bertz CT molecular complexity index is 1010. The Labute approximate surface area is 187 Å². The van der Waals surface area contributed by atoms with Crippen molar-refractivity contribution in [2.24, 2.45) is 34.5 Å². The van der Waals surface area contributed by atoms with Crippen LogP contribution in [0, 0.1) is 34.5 Å². The number of fused-ring (bicyclic) bond motifs is 1. The van der Waals surface area contributed by atoms with E-state index in [4.69, 9.17) is 0 Å². The van der Waals surface area contributed by atoms with Crippen LogP contribution in [0.1, 0.15) is 71.8 Å². The lowest BCUT2D eigenvalue weighted by atomic mass is 9.36. The van der Waals surface area contributed by atoms with Crippen LogP contribution >= 0.6 is 0 Å². The van der Waals surface area contributed by atoms with Crippen LogP contribution in [0.15, 0.2) is 42.1 Å². The summed E-state index contributed by atoms with van der Waals surface area (Å²) in [5, 5.41) is 24.5. The summed E-state index contributed by atoms with van der Waals surface area (Å²) in [4.78, 5) is 3.52. The van der Waals surface area contributed by atoms with Gasteiger partial charge in [0, 0.05) is 33.8 Å². The van der Waals surface area contributed by atoms with Crippen LogP contribution in [0.25, 0.3) is 10.9 Å². The zero-order chi connectivity index (χ0) is 22.1. The Morgan fingerprint density at radius 2 is 1.81 bits per heavy atom. The molecule has 3 nitrogen and oxygen atoms in total. The first-order chi connectivity index (χ1) is 14.7. The van der Waals surface area contributed by atoms with E-state index in [9.17, 15) is 10.2 Å². The highest BCUT2D eigenvalue weighted by atomic mass is 16.3. The topological polar surface area (TPSA) is 56.2 Å². The lowest BCUT2D eigenvalue weighted by Gasteiger charge is -2.69. The SMILES string of the molecule is CC(C)C1=CC[C@@]23[C@@H]([C@H](C)C[C@@H](O)[C@@]2(C)[C@H](C)CC[C@@H]3O)[C@H]1c1c[nH]c2ccccc12. The highest BCUT2D eigenvalue weighted by Gasteiger charge is 2.69. The fourth-order valence-electron chi connectivity index (χ4n) is 8.31. The van der Waals surface area contributed by atoms with Crippen molar-refractivity contribution in [2.75, 3.05) is 0 Å². The maximum Gasteiger partial charge on any atom is 0.0608 e. The maximum absolute atomic E-state index is 11.7. The number of benzene rings is 1. The molecule has 3 aliphatic rings. The Balaban J connectivity index is 1.78. The third kappa shape index (κ3) is 2.66. The normalized spacial score (nSPS) is 42.9. The van der Waals surface area contributed by atoms with Crippen LogP contribution in [0.5, 0.6) is 0 Å². The van der Waals surface area contributed by atoms with E-state index < -0.39 is 0 Å². The van der Waals surface area contributed by atoms with Gasteiger partial charge in [-0.2, -0.15) is 0 Å². The van der Waals surface area contributed by atoms with Gasteiger partial charge >= 0.3 is 0 Å². The molecule has 1 aromatic heterocycles. The van der Waals surface area contributed by atoms with Gasteiger partial charge in [-0.25, -0.2) is 0 Å². The Kier molecular flexibility index (Phi) is 4.95. The molecule has 31 heavy (non-hydrogen) atoms. The Hall–Kier alpha value is -1.58. The van der Waals surface area contributed by atoms with E-state index in [1.54, 1.807) is 0 Å². The first kappa shape index (κ1) is 21.3. The van der Waals surface area contributed by atoms with Crippen molar-refractivity contribution >= 4 is 10.9 Å². The molecule has 1 spiro atoms. The molecule has 0 radical (unpaired) electrons. The molecule has 0 saturated heterocycles. The van der Waals surface area contributed by atoms with E-state index in [0.29, 0.717) is 23.7 Å². The van der Waals surface area contributed by atoms with Gasteiger partial charge in [-0.15, -0.1) is 0 Å². The van der Waals surface area contributed by atoms with E-state index in [2.05, 4.69) is 76.1 Å². The first-order valence-corrected chi connectivity index (χ1v) is 12.4. The second kappa shape index (κ2) is 7.22. The number of para-hydroxylation sites is 1. The van der Waals surface area contributed by atoms with E-state index in [-0.39, 0.29) is 29.0 Å². The van der Waals surface area contributed by atoms with Crippen LogP contribution in [-0.4, -0.2) is 27.4 Å². The molecule has 2 saturated carbocycles. The highest BCUT2D eigenvalue weighted by molar-refractivity contribution is 5.84. The summed E-state index contributed by atoms with van der Waals surface area (Å²) in [5.41, 5.74) is 3.50. The molecule has 2 aromatic rings. The summed E-state index contributed by atoms with van der Waals surface area (Å²) in [6.07, 6.45) is 7.50. The molecule has 5 rings (SSSR count). The van der Waals surface area contributed by atoms with Crippen molar-refractivity contribution in [1.82, 2.24) is 4.98 Å². The number of aliphatic hydroxyl groups excluding tert-OH is 2. The van der Waals surface area contributed by atoms with Crippen LogP contribution in [0.3, 0.4) is 0 Å². The predicted octanol–water partition coefficient (Wildman–Crippen LogP) is 6.04. The number of allylic oxidation sites excluding steroid dienone is 2. The number of H-pyrrole nitrogens is 1. The molecule has 0 bridgehead atoms. The number of nitrogens with one attached hydrogen (secondary N) is 1. The highest BCUT2D eigenvalue weighted by Crippen LogP contribution is 2.71. The fraction of sp³-hybridized carbons (Fsp3) is 0.643. The van der Waals surface area contributed by atoms with Crippen LogP contribution in [-0.2, 0) is 0 Å². The average molecular weight is 422 g/mol. The standard InChI is InChI=1S/C28H39NO2/c1-16(2)19-12-13-28-23(30)11-10-18(4)27(28,5)24(31)14-17(3)26(28)25(19)21-15-29-22-9-7-6-8-20(21)22/h6-9,12,15-18,23-26,29-31H,10-11,13-14H2,1-5H3/t17-,18-,23+,24-,25-,26+,27-,28-/m1/s1. The van der Waals surface area contributed by atoms with Crippen molar-refractivity contribution in [2.45, 2.75) is 78.4 Å². The number of hydrogen-bond acceptors (Lipinski definition) is 2. The molecule has 1 aromatic carbocycles. The number of rotatable bonds is 2. The molecule has 168 valence electrons.